The predicted molar refractivity (Wildman–Crippen MR) is 126 cm³/mol. The molecule has 0 bridgehead atoms. The average Bonchev–Trinajstić information content (AvgIpc) is 2.92. The van der Waals surface area contributed by atoms with Gasteiger partial charge >= 0.3 is 6.18 Å². The first-order chi connectivity index (χ1) is 15.7. The van der Waals surface area contributed by atoms with Gasteiger partial charge in [-0.05, 0) is 48.4 Å². The fourth-order valence-corrected chi connectivity index (χ4v) is 4.61. The van der Waals surface area contributed by atoms with Gasteiger partial charge in [-0.2, -0.15) is 13.2 Å². The van der Waals surface area contributed by atoms with E-state index in [1.807, 2.05) is 36.4 Å². The van der Waals surface area contributed by atoms with E-state index in [0.717, 1.165) is 15.4 Å². The van der Waals surface area contributed by atoms with E-state index in [0.29, 0.717) is 33.2 Å². The fourth-order valence-electron chi connectivity index (χ4n) is 3.45. The summed E-state index contributed by atoms with van der Waals surface area (Å²) in [6, 6.07) is 17.6. The van der Waals surface area contributed by atoms with E-state index < -0.39 is 18.4 Å². The van der Waals surface area contributed by atoms with E-state index in [-0.39, 0.29) is 13.0 Å². The molecule has 1 heterocycles. The number of nitrogens with one attached hydrogen (secondary N) is 1. The van der Waals surface area contributed by atoms with Crippen molar-refractivity contribution < 1.29 is 17.6 Å². The van der Waals surface area contributed by atoms with E-state index in [1.54, 1.807) is 18.2 Å². The quantitative estimate of drug-likeness (QED) is 0.218. The molecule has 0 saturated carbocycles. The van der Waals surface area contributed by atoms with Gasteiger partial charge in [-0.15, -0.1) is 0 Å². The minimum absolute atomic E-state index is 0.0449. The molecule has 33 heavy (non-hydrogen) atoms. The SMILES string of the molecule is C=C(NCCCC(F)(F)F)c1ccc2c(c1)N=C(c1ccc(Cl)cc1F)c1ccccc1S2. The van der Waals surface area contributed by atoms with Crippen molar-refractivity contribution in [3.8, 4) is 0 Å². The summed E-state index contributed by atoms with van der Waals surface area (Å²) in [5, 5.41) is 3.24. The second-order valence-electron chi connectivity index (χ2n) is 7.49. The summed E-state index contributed by atoms with van der Waals surface area (Å²) >= 11 is 7.46. The van der Waals surface area contributed by atoms with Crippen LogP contribution in [0.25, 0.3) is 5.70 Å². The highest BCUT2D eigenvalue weighted by Gasteiger charge is 2.26. The first kappa shape index (κ1) is 23.4. The lowest BCUT2D eigenvalue weighted by atomic mass is 10.0. The zero-order valence-electron chi connectivity index (χ0n) is 17.3. The lowest BCUT2D eigenvalue weighted by Gasteiger charge is -2.12. The highest BCUT2D eigenvalue weighted by atomic mass is 35.5. The van der Waals surface area contributed by atoms with Crippen LogP contribution in [-0.2, 0) is 0 Å². The number of benzene rings is 3. The second kappa shape index (κ2) is 9.61. The summed E-state index contributed by atoms with van der Waals surface area (Å²) in [6.45, 7) is 4.10. The van der Waals surface area contributed by atoms with Gasteiger partial charge in [0, 0.05) is 44.6 Å². The smallest absolute Gasteiger partial charge is 0.385 e. The van der Waals surface area contributed by atoms with Crippen LogP contribution in [-0.4, -0.2) is 18.4 Å². The second-order valence-corrected chi connectivity index (χ2v) is 9.01. The van der Waals surface area contributed by atoms with Crippen LogP contribution in [0.2, 0.25) is 5.02 Å². The van der Waals surface area contributed by atoms with Crippen molar-refractivity contribution in [1.29, 1.82) is 0 Å². The number of rotatable bonds is 6. The van der Waals surface area contributed by atoms with E-state index in [9.17, 15) is 17.6 Å². The third-order valence-corrected chi connectivity index (χ3v) is 6.44. The molecule has 1 N–H and O–H groups in total. The van der Waals surface area contributed by atoms with Crippen LogP contribution in [0.15, 0.2) is 82.0 Å². The molecule has 170 valence electrons. The fraction of sp³-hybridized carbons (Fsp3) is 0.160. The van der Waals surface area contributed by atoms with Gasteiger partial charge in [0.2, 0.25) is 0 Å². The van der Waals surface area contributed by atoms with Gasteiger partial charge in [0.05, 0.1) is 11.4 Å². The molecule has 0 saturated heterocycles. The average molecular weight is 491 g/mol. The zero-order valence-corrected chi connectivity index (χ0v) is 18.9. The van der Waals surface area contributed by atoms with Crippen molar-refractivity contribution in [3.63, 3.8) is 0 Å². The van der Waals surface area contributed by atoms with Crippen molar-refractivity contribution in [2.75, 3.05) is 6.54 Å². The zero-order chi connectivity index (χ0) is 23.6. The van der Waals surface area contributed by atoms with Gasteiger partial charge in [0.15, 0.2) is 0 Å². The Hall–Kier alpha value is -2.77. The third-order valence-electron chi connectivity index (χ3n) is 5.06. The molecule has 8 heteroatoms. The van der Waals surface area contributed by atoms with Crippen LogP contribution in [0.3, 0.4) is 0 Å². The first-order valence-corrected chi connectivity index (χ1v) is 11.4. The third kappa shape index (κ3) is 5.60. The molecule has 0 aliphatic carbocycles. The summed E-state index contributed by atoms with van der Waals surface area (Å²) < 4.78 is 51.9. The summed E-state index contributed by atoms with van der Waals surface area (Å²) in [7, 11) is 0. The largest absolute Gasteiger partial charge is 0.389 e. The number of halogens is 5. The van der Waals surface area contributed by atoms with Gasteiger partial charge in [-0.25, -0.2) is 9.38 Å². The lowest BCUT2D eigenvalue weighted by Crippen LogP contribution is -2.16. The van der Waals surface area contributed by atoms with Crippen molar-refractivity contribution in [3.05, 3.63) is 94.8 Å². The van der Waals surface area contributed by atoms with Gasteiger partial charge in [-0.3, -0.25) is 0 Å². The van der Waals surface area contributed by atoms with E-state index >= 15 is 0 Å². The Morgan fingerprint density at radius 2 is 1.79 bits per heavy atom. The number of nitrogens with zero attached hydrogens (tertiary/aromatic N) is 1. The maximum Gasteiger partial charge on any atom is 0.389 e. The molecule has 1 aliphatic heterocycles. The molecular formula is C25H19ClF4N2S. The molecule has 1 aliphatic rings. The Labute approximate surface area is 198 Å². The molecule has 2 nitrogen and oxygen atoms in total. The highest BCUT2D eigenvalue weighted by molar-refractivity contribution is 7.99. The molecule has 0 atom stereocenters. The number of alkyl halides is 3. The Morgan fingerprint density at radius 1 is 1.00 bits per heavy atom. The molecule has 4 rings (SSSR count). The molecule has 3 aromatic carbocycles. The maximum atomic E-state index is 14.8. The normalized spacial score (nSPS) is 12.9. The minimum atomic E-state index is -4.18. The number of fused-ring (bicyclic) bond motifs is 2. The van der Waals surface area contributed by atoms with Crippen LogP contribution in [0, 0.1) is 5.82 Å². The standard InChI is InChI=1S/C25H19ClF4N2S/c1-15(31-12-4-11-25(28,29)30)16-7-10-23-21(13-16)32-24(18-9-8-17(26)14-20(18)27)19-5-2-3-6-22(19)33-23/h2-3,5-10,13-14,31H,1,4,11-12H2. The monoisotopic (exact) mass is 490 g/mol. The van der Waals surface area contributed by atoms with E-state index in [1.165, 1.54) is 17.8 Å². The van der Waals surface area contributed by atoms with Crippen LogP contribution in [0.5, 0.6) is 0 Å². The summed E-state index contributed by atoms with van der Waals surface area (Å²) in [4.78, 5) is 6.62. The first-order valence-electron chi connectivity index (χ1n) is 10.2. The van der Waals surface area contributed by atoms with Crippen LogP contribution in [0.4, 0.5) is 23.2 Å². The summed E-state index contributed by atoms with van der Waals surface area (Å²) in [5.41, 5.74) is 3.43. The molecule has 0 spiro atoms. The highest BCUT2D eigenvalue weighted by Crippen LogP contribution is 2.42. The van der Waals surface area contributed by atoms with Crippen molar-refractivity contribution in [2.45, 2.75) is 28.8 Å². The van der Waals surface area contributed by atoms with Crippen molar-refractivity contribution in [2.24, 2.45) is 4.99 Å². The van der Waals surface area contributed by atoms with E-state index in [2.05, 4.69) is 11.9 Å². The Morgan fingerprint density at radius 3 is 2.55 bits per heavy atom. The Balaban J connectivity index is 1.68. The van der Waals surface area contributed by atoms with Crippen LogP contribution >= 0.6 is 23.4 Å². The minimum Gasteiger partial charge on any atom is -0.385 e. The number of hydrogen-bond acceptors (Lipinski definition) is 3. The summed E-state index contributed by atoms with van der Waals surface area (Å²) in [5.74, 6) is -0.476. The summed E-state index contributed by atoms with van der Waals surface area (Å²) in [6.07, 6.45) is -5.08. The number of aliphatic imine (C=N–C) groups is 1. The molecule has 3 aromatic rings. The molecule has 0 unspecified atom stereocenters. The molecule has 0 fully saturated rings. The Bertz CT molecular complexity index is 1240. The van der Waals surface area contributed by atoms with Gasteiger partial charge in [-0.1, -0.05) is 54.2 Å². The predicted octanol–water partition coefficient (Wildman–Crippen LogP) is 8.02. The Kier molecular flexibility index (Phi) is 6.81. The molecule has 0 radical (unpaired) electrons. The van der Waals surface area contributed by atoms with Gasteiger partial charge < -0.3 is 5.32 Å². The molecule has 0 amide bonds. The molecule has 0 aromatic heterocycles. The topological polar surface area (TPSA) is 24.4 Å². The lowest BCUT2D eigenvalue weighted by molar-refractivity contribution is -0.135. The van der Waals surface area contributed by atoms with Gasteiger partial charge in [0.25, 0.3) is 0 Å². The van der Waals surface area contributed by atoms with Crippen LogP contribution in [0.1, 0.15) is 29.5 Å². The van der Waals surface area contributed by atoms with Crippen LogP contribution < -0.4 is 5.32 Å². The van der Waals surface area contributed by atoms with Gasteiger partial charge in [0.1, 0.15) is 5.82 Å². The van der Waals surface area contributed by atoms with Crippen molar-refractivity contribution >= 4 is 40.5 Å². The van der Waals surface area contributed by atoms with Crippen molar-refractivity contribution in [1.82, 2.24) is 5.32 Å². The number of hydrogen-bond donors (Lipinski definition) is 1. The van der Waals surface area contributed by atoms with E-state index in [4.69, 9.17) is 16.6 Å². The molecular weight excluding hydrogens is 472 g/mol. The maximum absolute atomic E-state index is 14.8.